The number of ether oxygens (including phenoxy) is 2. The summed E-state index contributed by atoms with van der Waals surface area (Å²) in [5.41, 5.74) is 11.5. The third kappa shape index (κ3) is 8.36. The van der Waals surface area contributed by atoms with Crippen molar-refractivity contribution in [1.29, 1.82) is 0 Å². The molecular weight excluding hydrogens is 645 g/mol. The first-order chi connectivity index (χ1) is 24.6. The number of carbonyl (C=O) groups is 1. The van der Waals surface area contributed by atoms with E-state index in [0.717, 1.165) is 79.6 Å². The van der Waals surface area contributed by atoms with Crippen LogP contribution in [0.2, 0.25) is 0 Å². The lowest BCUT2D eigenvalue weighted by Gasteiger charge is -2.42. The van der Waals surface area contributed by atoms with Crippen LogP contribution in [0.3, 0.4) is 0 Å². The molecule has 0 aliphatic carbocycles. The summed E-state index contributed by atoms with van der Waals surface area (Å²) in [6, 6.07) is 11.4. The maximum Gasteiger partial charge on any atom is 0.249 e. The van der Waals surface area contributed by atoms with Crippen molar-refractivity contribution in [2.45, 2.75) is 101 Å². The number of piperazine rings is 1. The first kappa shape index (κ1) is 41.0. The van der Waals surface area contributed by atoms with Gasteiger partial charge < -0.3 is 19.3 Å². The molecule has 1 saturated heterocycles. The van der Waals surface area contributed by atoms with Crippen LogP contribution in [0.4, 0.5) is 0 Å². The van der Waals surface area contributed by atoms with E-state index < -0.39 is 0 Å². The van der Waals surface area contributed by atoms with Crippen molar-refractivity contribution in [2.24, 2.45) is 11.3 Å². The normalized spacial score (nSPS) is 20.5. The smallest absolute Gasteiger partial charge is 0.249 e. The molecule has 7 heteroatoms. The van der Waals surface area contributed by atoms with Crippen LogP contribution < -0.4 is 9.47 Å². The third-order valence-electron chi connectivity index (χ3n) is 11.9. The predicted molar refractivity (Wildman–Crippen MR) is 217 cm³/mol. The minimum atomic E-state index is -0.00268. The van der Waals surface area contributed by atoms with Gasteiger partial charge in [0.1, 0.15) is 11.5 Å². The van der Waals surface area contributed by atoms with Crippen LogP contribution in [0.15, 0.2) is 72.1 Å². The minimum absolute atomic E-state index is 0.00268. The van der Waals surface area contributed by atoms with Crippen LogP contribution in [0.5, 0.6) is 11.5 Å². The summed E-state index contributed by atoms with van der Waals surface area (Å²) in [6.45, 7) is 35.2. The van der Waals surface area contributed by atoms with Gasteiger partial charge in [-0.15, -0.1) is 0 Å². The molecule has 3 atom stereocenters. The zero-order valence-corrected chi connectivity index (χ0v) is 34.6. The quantitative estimate of drug-likeness (QED) is 0.242. The molecule has 5 rings (SSSR count). The molecule has 284 valence electrons. The van der Waals surface area contributed by atoms with Crippen LogP contribution in [-0.4, -0.2) is 79.0 Å². The van der Waals surface area contributed by atoms with Gasteiger partial charge in [-0.05, 0) is 91.0 Å². The van der Waals surface area contributed by atoms with Gasteiger partial charge in [-0.3, -0.25) is 14.6 Å². The number of carbonyl (C=O) groups excluding carboxylic acids is 1. The third-order valence-corrected chi connectivity index (χ3v) is 11.9. The molecule has 3 heterocycles. The van der Waals surface area contributed by atoms with Gasteiger partial charge in [-0.1, -0.05) is 72.9 Å². The number of hydrogen-bond donors (Lipinski definition) is 0. The summed E-state index contributed by atoms with van der Waals surface area (Å²) in [5, 5.41) is 0. The summed E-state index contributed by atoms with van der Waals surface area (Å²) < 4.78 is 12.0. The number of benzene rings is 2. The summed E-state index contributed by atoms with van der Waals surface area (Å²) in [4.78, 5) is 22.9. The second kappa shape index (κ2) is 16.9. The van der Waals surface area contributed by atoms with Crippen LogP contribution in [0.1, 0.15) is 103 Å². The van der Waals surface area contributed by atoms with Crippen LogP contribution >= 0.6 is 0 Å². The Labute approximate surface area is 315 Å². The molecule has 0 spiro atoms. The molecule has 52 heavy (non-hydrogen) atoms. The monoisotopic (exact) mass is 711 g/mol. The Morgan fingerprint density at radius 3 is 2.19 bits per heavy atom. The molecular formula is C45H66N4O3. The first-order valence-corrected chi connectivity index (χ1v) is 19.2. The maximum atomic E-state index is 13.6. The van der Waals surface area contributed by atoms with E-state index >= 15 is 0 Å². The number of likely N-dealkylation sites (N-methyl/N-ethyl adjacent to an activating group) is 1. The summed E-state index contributed by atoms with van der Waals surface area (Å²) in [6.07, 6.45) is 3.02. The molecule has 0 saturated carbocycles. The van der Waals surface area contributed by atoms with Crippen LogP contribution in [0, 0.1) is 11.3 Å². The molecule has 2 aromatic carbocycles. The van der Waals surface area contributed by atoms with Gasteiger partial charge in [0, 0.05) is 75.4 Å². The molecule has 2 aromatic rings. The van der Waals surface area contributed by atoms with Crippen molar-refractivity contribution < 1.29 is 14.3 Å². The second-order valence-electron chi connectivity index (χ2n) is 15.8. The summed E-state index contributed by atoms with van der Waals surface area (Å²) in [5.74, 6) is 1.91. The number of rotatable bonds is 9. The molecule has 1 fully saturated rings. The van der Waals surface area contributed by atoms with Crippen molar-refractivity contribution in [3.8, 4) is 11.5 Å². The highest BCUT2D eigenvalue weighted by atomic mass is 16.5. The van der Waals surface area contributed by atoms with Gasteiger partial charge in [-0.2, -0.15) is 0 Å². The van der Waals surface area contributed by atoms with E-state index in [2.05, 4.69) is 120 Å². The largest absolute Gasteiger partial charge is 0.496 e. The number of nitrogens with zero attached hydrogens (tertiary/aromatic N) is 4. The standard InChI is InChI=1S/C43H60N4O3.C2H6/c1-27-23-45(26-39-40(49-12)21-35(22-41(39)50-13)38-25-44(11)32(6)28(2)29(38)3)19-20-46(27)24-34-15-14-16-36-33(7)47(18-17-37(34)36)42(48)30(4)31(5)43(8,9)10;1-2/h14-16,21-22,25,27,31,33H,4,6,17-20,23-24,26H2,1-3,5,7-13H3;1-2H3. The van der Waals surface area contributed by atoms with Gasteiger partial charge in [0.25, 0.3) is 0 Å². The van der Waals surface area contributed by atoms with E-state index in [-0.39, 0.29) is 23.3 Å². The lowest BCUT2D eigenvalue weighted by atomic mass is 9.77. The van der Waals surface area contributed by atoms with E-state index in [4.69, 9.17) is 9.47 Å². The summed E-state index contributed by atoms with van der Waals surface area (Å²) in [7, 11) is 5.54. The number of allylic oxidation sites excluding steroid dienone is 3. The zero-order chi connectivity index (χ0) is 38.7. The fourth-order valence-electron chi connectivity index (χ4n) is 7.79. The predicted octanol–water partition coefficient (Wildman–Crippen LogP) is 9.26. The Morgan fingerprint density at radius 1 is 0.981 bits per heavy atom. The molecule has 3 aliphatic heterocycles. The average molecular weight is 711 g/mol. The molecule has 1 amide bonds. The summed E-state index contributed by atoms with van der Waals surface area (Å²) >= 11 is 0. The average Bonchev–Trinajstić information content (AvgIpc) is 3.13. The van der Waals surface area contributed by atoms with Gasteiger partial charge in [0.2, 0.25) is 5.91 Å². The van der Waals surface area contributed by atoms with Crippen molar-refractivity contribution in [1.82, 2.24) is 19.6 Å². The lowest BCUT2D eigenvalue weighted by molar-refractivity contribution is -0.130. The Hall–Kier alpha value is -3.81. The Kier molecular flexibility index (Phi) is 13.3. The van der Waals surface area contributed by atoms with Crippen molar-refractivity contribution in [3.05, 3.63) is 99.9 Å². The number of methoxy groups -OCH3 is 2. The molecule has 0 radical (unpaired) electrons. The van der Waals surface area contributed by atoms with Crippen molar-refractivity contribution >= 4 is 11.5 Å². The number of fused-ring (bicyclic) bond motifs is 1. The SMILES string of the molecule is C=C(C(=O)N1CCc2c(CN3CCN(Cc4c(OC)cc(C5=CN(C)C(=C)C(C)=C5C)cc4OC)CC3C)cccc2C1C)C(C)C(C)(C)C.CC. The van der Waals surface area contributed by atoms with Crippen LogP contribution in [0.25, 0.3) is 5.57 Å². The van der Waals surface area contributed by atoms with E-state index in [9.17, 15) is 4.79 Å². The van der Waals surface area contributed by atoms with E-state index in [1.54, 1.807) is 14.2 Å². The fraction of sp³-hybridized carbons (Fsp3) is 0.533. The van der Waals surface area contributed by atoms with E-state index in [0.29, 0.717) is 11.6 Å². The van der Waals surface area contributed by atoms with E-state index in [1.165, 1.54) is 27.8 Å². The molecule has 0 N–H and O–H groups in total. The van der Waals surface area contributed by atoms with Gasteiger partial charge in [-0.25, -0.2) is 0 Å². The first-order valence-electron chi connectivity index (χ1n) is 19.2. The zero-order valence-electron chi connectivity index (χ0n) is 34.6. The molecule has 3 unspecified atom stereocenters. The molecule has 0 bridgehead atoms. The molecule has 7 nitrogen and oxygen atoms in total. The Morgan fingerprint density at radius 2 is 1.62 bits per heavy atom. The van der Waals surface area contributed by atoms with Crippen LogP contribution in [-0.2, 0) is 24.3 Å². The number of hydrogen-bond acceptors (Lipinski definition) is 6. The van der Waals surface area contributed by atoms with Gasteiger partial charge in [0.05, 0.1) is 25.8 Å². The molecule has 3 aliphatic rings. The topological polar surface area (TPSA) is 48.5 Å². The Balaban J connectivity index is 0.00000297. The highest BCUT2D eigenvalue weighted by molar-refractivity contribution is 5.94. The molecule has 0 aromatic heterocycles. The maximum absolute atomic E-state index is 13.6. The van der Waals surface area contributed by atoms with Crippen molar-refractivity contribution in [3.63, 3.8) is 0 Å². The Bertz CT molecular complexity index is 1690. The highest BCUT2D eigenvalue weighted by Crippen LogP contribution is 2.40. The van der Waals surface area contributed by atoms with Gasteiger partial charge >= 0.3 is 0 Å². The minimum Gasteiger partial charge on any atom is -0.496 e. The van der Waals surface area contributed by atoms with Crippen molar-refractivity contribution in [2.75, 3.05) is 47.4 Å². The fourth-order valence-corrected chi connectivity index (χ4v) is 7.79. The lowest BCUT2D eigenvalue weighted by Crippen LogP contribution is -2.51. The highest BCUT2D eigenvalue weighted by Gasteiger charge is 2.35. The van der Waals surface area contributed by atoms with Gasteiger partial charge in [0.15, 0.2) is 0 Å². The second-order valence-corrected chi connectivity index (χ2v) is 15.8. The van der Waals surface area contributed by atoms with E-state index in [1.807, 2.05) is 25.8 Å². The number of amides is 1.